The van der Waals surface area contributed by atoms with Crippen molar-refractivity contribution < 1.29 is 8.81 Å². The van der Waals surface area contributed by atoms with Gasteiger partial charge in [0.1, 0.15) is 5.82 Å². The molecule has 0 radical (unpaired) electrons. The molecule has 1 aromatic heterocycles. The van der Waals surface area contributed by atoms with Crippen LogP contribution in [0.4, 0.5) is 4.39 Å². The van der Waals surface area contributed by atoms with E-state index in [4.69, 9.17) is 4.42 Å². The molecule has 0 aliphatic carbocycles. The molecule has 0 aliphatic heterocycles. The van der Waals surface area contributed by atoms with E-state index in [-0.39, 0.29) is 5.82 Å². The molecule has 0 saturated carbocycles. The Balaban J connectivity index is 2.53. The van der Waals surface area contributed by atoms with Crippen molar-refractivity contribution in [3.05, 3.63) is 48.2 Å². The van der Waals surface area contributed by atoms with Crippen molar-refractivity contribution in [2.45, 2.75) is 6.92 Å². The van der Waals surface area contributed by atoms with E-state index in [1.807, 2.05) is 19.1 Å². The van der Waals surface area contributed by atoms with E-state index in [0.717, 1.165) is 16.7 Å². The van der Waals surface area contributed by atoms with Crippen LogP contribution in [0.3, 0.4) is 0 Å². The van der Waals surface area contributed by atoms with E-state index >= 15 is 0 Å². The quantitative estimate of drug-likeness (QED) is 0.649. The van der Waals surface area contributed by atoms with Gasteiger partial charge >= 0.3 is 0 Å². The van der Waals surface area contributed by atoms with Crippen molar-refractivity contribution in [3.63, 3.8) is 0 Å². The van der Waals surface area contributed by atoms with Crippen LogP contribution in [-0.2, 0) is 0 Å². The smallest absolute Gasteiger partial charge is 0.124 e. The number of rotatable bonds is 1. The molecular weight excluding hydrogens is 167 g/mol. The second kappa shape index (κ2) is 3.05. The molecule has 0 saturated heterocycles. The first-order valence-corrected chi connectivity index (χ1v) is 4.05. The topological polar surface area (TPSA) is 13.1 Å². The second-order valence-corrected chi connectivity index (χ2v) is 3.03. The van der Waals surface area contributed by atoms with Gasteiger partial charge in [-0.15, -0.1) is 0 Å². The highest BCUT2D eigenvalue weighted by molar-refractivity contribution is 5.62. The minimum atomic E-state index is -0.212. The monoisotopic (exact) mass is 176 g/mol. The molecule has 2 rings (SSSR count). The van der Waals surface area contributed by atoms with E-state index in [2.05, 4.69) is 0 Å². The van der Waals surface area contributed by atoms with Crippen molar-refractivity contribution >= 4 is 0 Å². The molecule has 0 atom stereocenters. The van der Waals surface area contributed by atoms with Gasteiger partial charge in [-0.1, -0.05) is 6.07 Å². The molecule has 0 N–H and O–H groups in total. The van der Waals surface area contributed by atoms with Gasteiger partial charge in [0.2, 0.25) is 0 Å². The fourth-order valence-corrected chi connectivity index (χ4v) is 1.33. The lowest BCUT2D eigenvalue weighted by Gasteiger charge is -1.99. The fraction of sp³-hybridized carbons (Fsp3) is 0.0909. The zero-order chi connectivity index (χ0) is 9.26. The predicted octanol–water partition coefficient (Wildman–Crippen LogP) is 3.39. The Morgan fingerprint density at radius 1 is 1.15 bits per heavy atom. The highest BCUT2D eigenvalue weighted by Crippen LogP contribution is 2.21. The van der Waals surface area contributed by atoms with Crippen molar-refractivity contribution in [1.82, 2.24) is 0 Å². The van der Waals surface area contributed by atoms with E-state index in [1.165, 1.54) is 12.1 Å². The summed E-state index contributed by atoms with van der Waals surface area (Å²) in [5.41, 5.74) is 2.67. The average Bonchev–Trinajstić information content (AvgIpc) is 2.53. The van der Waals surface area contributed by atoms with Gasteiger partial charge in [-0.2, -0.15) is 0 Å². The molecule has 0 aliphatic rings. The lowest BCUT2D eigenvalue weighted by molar-refractivity contribution is 0.568. The normalized spacial score (nSPS) is 10.3. The molecule has 1 aromatic carbocycles. The van der Waals surface area contributed by atoms with Gasteiger partial charge in [0.25, 0.3) is 0 Å². The predicted molar refractivity (Wildman–Crippen MR) is 48.8 cm³/mol. The highest BCUT2D eigenvalue weighted by atomic mass is 19.1. The number of benzene rings is 1. The first kappa shape index (κ1) is 8.05. The van der Waals surface area contributed by atoms with Crippen LogP contribution in [0.2, 0.25) is 0 Å². The summed E-state index contributed by atoms with van der Waals surface area (Å²) in [6, 6.07) is 6.74. The summed E-state index contributed by atoms with van der Waals surface area (Å²) in [5.74, 6) is -0.212. The Labute approximate surface area is 75.8 Å². The Morgan fingerprint density at radius 2 is 2.00 bits per heavy atom. The number of furan rings is 1. The summed E-state index contributed by atoms with van der Waals surface area (Å²) in [7, 11) is 0. The number of hydrogen-bond acceptors (Lipinski definition) is 1. The lowest BCUT2D eigenvalue weighted by Crippen LogP contribution is -1.80. The van der Waals surface area contributed by atoms with Gasteiger partial charge in [-0.25, -0.2) is 4.39 Å². The molecule has 2 heteroatoms. The standard InChI is InChI=1S/C11H9FO/c1-8-4-10(6-11(12)5-8)9-2-3-13-7-9/h2-7H,1H3. The molecule has 1 heterocycles. The zero-order valence-electron chi connectivity index (χ0n) is 7.25. The van der Waals surface area contributed by atoms with E-state index in [1.54, 1.807) is 12.5 Å². The van der Waals surface area contributed by atoms with Gasteiger partial charge in [0.15, 0.2) is 0 Å². The average molecular weight is 176 g/mol. The largest absolute Gasteiger partial charge is 0.472 e. The molecule has 66 valence electrons. The Bertz CT molecular complexity index is 384. The third kappa shape index (κ3) is 1.61. The molecule has 1 nitrogen and oxygen atoms in total. The first-order valence-electron chi connectivity index (χ1n) is 4.05. The molecular formula is C11H9FO. The molecule has 0 bridgehead atoms. The Hall–Kier alpha value is -1.57. The summed E-state index contributed by atoms with van der Waals surface area (Å²) in [6.07, 6.45) is 3.18. The van der Waals surface area contributed by atoms with Crippen LogP contribution in [0, 0.1) is 12.7 Å². The molecule has 0 unspecified atom stereocenters. The third-order valence-corrected chi connectivity index (χ3v) is 1.90. The van der Waals surface area contributed by atoms with Crippen molar-refractivity contribution in [2.75, 3.05) is 0 Å². The lowest BCUT2D eigenvalue weighted by atomic mass is 10.1. The number of hydrogen-bond donors (Lipinski definition) is 0. The molecule has 0 amide bonds. The first-order chi connectivity index (χ1) is 6.25. The molecule has 0 spiro atoms. The summed E-state index contributed by atoms with van der Waals surface area (Å²) >= 11 is 0. The molecule has 2 aromatic rings. The van der Waals surface area contributed by atoms with Crippen LogP contribution in [0.1, 0.15) is 5.56 Å². The van der Waals surface area contributed by atoms with Crippen molar-refractivity contribution in [2.24, 2.45) is 0 Å². The maximum Gasteiger partial charge on any atom is 0.124 e. The van der Waals surface area contributed by atoms with E-state index in [9.17, 15) is 4.39 Å². The minimum Gasteiger partial charge on any atom is -0.472 e. The van der Waals surface area contributed by atoms with Crippen LogP contribution < -0.4 is 0 Å². The van der Waals surface area contributed by atoms with Gasteiger partial charge < -0.3 is 4.42 Å². The van der Waals surface area contributed by atoms with Crippen LogP contribution in [0.25, 0.3) is 11.1 Å². The van der Waals surface area contributed by atoms with E-state index < -0.39 is 0 Å². The van der Waals surface area contributed by atoms with Crippen LogP contribution in [-0.4, -0.2) is 0 Å². The third-order valence-electron chi connectivity index (χ3n) is 1.90. The Morgan fingerprint density at radius 3 is 2.62 bits per heavy atom. The fourth-order valence-electron chi connectivity index (χ4n) is 1.33. The van der Waals surface area contributed by atoms with Crippen molar-refractivity contribution in [3.8, 4) is 11.1 Å². The van der Waals surface area contributed by atoms with Gasteiger partial charge in [0.05, 0.1) is 12.5 Å². The summed E-state index contributed by atoms with van der Waals surface area (Å²) in [5, 5.41) is 0. The maximum absolute atomic E-state index is 13.0. The minimum absolute atomic E-state index is 0.212. The summed E-state index contributed by atoms with van der Waals surface area (Å²) in [6.45, 7) is 1.87. The molecule has 0 fully saturated rings. The Kier molecular flexibility index (Phi) is 1.89. The van der Waals surface area contributed by atoms with Gasteiger partial charge in [-0.3, -0.25) is 0 Å². The molecule has 13 heavy (non-hydrogen) atoms. The number of halogens is 1. The maximum atomic E-state index is 13.0. The van der Waals surface area contributed by atoms with Crippen LogP contribution >= 0.6 is 0 Å². The van der Waals surface area contributed by atoms with Gasteiger partial charge in [0, 0.05) is 5.56 Å². The zero-order valence-corrected chi connectivity index (χ0v) is 7.25. The van der Waals surface area contributed by atoms with E-state index in [0.29, 0.717) is 0 Å². The van der Waals surface area contributed by atoms with Crippen LogP contribution in [0.5, 0.6) is 0 Å². The van der Waals surface area contributed by atoms with Crippen LogP contribution in [0.15, 0.2) is 41.2 Å². The highest BCUT2D eigenvalue weighted by Gasteiger charge is 2.01. The SMILES string of the molecule is Cc1cc(F)cc(-c2ccoc2)c1. The summed E-state index contributed by atoms with van der Waals surface area (Å²) < 4.78 is 17.9. The summed E-state index contributed by atoms with van der Waals surface area (Å²) in [4.78, 5) is 0. The van der Waals surface area contributed by atoms with Crippen molar-refractivity contribution in [1.29, 1.82) is 0 Å². The number of aryl methyl sites for hydroxylation is 1. The van der Waals surface area contributed by atoms with Gasteiger partial charge in [-0.05, 0) is 36.2 Å². The second-order valence-electron chi connectivity index (χ2n) is 3.03.